The molecule has 0 saturated carbocycles. The average Bonchev–Trinajstić information content (AvgIpc) is 3.20. The predicted molar refractivity (Wildman–Crippen MR) is 137 cm³/mol. The maximum atomic E-state index is 12.4. The molecule has 0 fully saturated rings. The molecule has 0 aliphatic carbocycles. The summed E-state index contributed by atoms with van der Waals surface area (Å²) in [5.41, 5.74) is 1.47. The second-order valence-corrected chi connectivity index (χ2v) is 10.4. The van der Waals surface area contributed by atoms with Crippen molar-refractivity contribution >= 4 is 51.1 Å². The summed E-state index contributed by atoms with van der Waals surface area (Å²) in [6.45, 7) is 1.51. The fourth-order valence-corrected chi connectivity index (χ4v) is 4.11. The fourth-order valence-electron chi connectivity index (χ4n) is 3.16. The average molecular weight is 653 g/mol. The number of nitrogens with zero attached hydrogens (tertiary/aromatic N) is 7. The third kappa shape index (κ3) is 9.86. The standard InChI is InChI=1S/C22H24N8O7S2.2K/c1-13-16(12-23)21(26-25-17-8-6-14(28(2)3)10-18(17)24-22(31)29(4)5)30(27-13)19-11-15(39(33,34)35)7-9-20(19)38-37-36-32;;/h6-11,32H,1-5H3,(H,24,31)(H,33,34,35);;/q;2*+1/p-2. The number of carbonyl (C=O) groups is 1. The molecule has 3 rings (SSSR count). The number of rotatable bonds is 9. The molecule has 41 heavy (non-hydrogen) atoms. The molecule has 0 spiro atoms. The van der Waals surface area contributed by atoms with Crippen LogP contribution in [0, 0.1) is 18.3 Å². The van der Waals surface area contributed by atoms with Gasteiger partial charge in [-0.1, -0.05) is 0 Å². The van der Waals surface area contributed by atoms with Gasteiger partial charge in [0.2, 0.25) is 0 Å². The van der Waals surface area contributed by atoms with Crippen LogP contribution >= 0.6 is 12.0 Å². The number of anilines is 2. The minimum atomic E-state index is -4.88. The molecule has 3 aromatic rings. The summed E-state index contributed by atoms with van der Waals surface area (Å²) in [6, 6.07) is 9.78. The summed E-state index contributed by atoms with van der Waals surface area (Å²) in [5.74, 6) is -0.123. The SMILES string of the molecule is Cc1nn(-c2cc(S(=O)(=O)[O-])ccc2SOO[O-])c(N=Nc2ccc(N(C)C)cc2NC(=O)N(C)C)c1C#N.[K+].[K+]. The van der Waals surface area contributed by atoms with Crippen molar-refractivity contribution in [1.29, 1.82) is 5.26 Å². The monoisotopic (exact) mass is 652 g/mol. The second-order valence-electron chi connectivity index (χ2n) is 8.23. The molecular formula is C22H22K2N8O7S2. The van der Waals surface area contributed by atoms with Gasteiger partial charge in [-0.15, -0.1) is 10.2 Å². The van der Waals surface area contributed by atoms with Crippen LogP contribution in [0.1, 0.15) is 11.3 Å². The number of urea groups is 1. The van der Waals surface area contributed by atoms with Crippen molar-refractivity contribution in [3.05, 3.63) is 47.7 Å². The normalized spacial score (nSPS) is 10.9. The van der Waals surface area contributed by atoms with E-state index in [1.807, 2.05) is 25.1 Å². The van der Waals surface area contributed by atoms with Crippen LogP contribution in [-0.2, 0) is 19.5 Å². The van der Waals surface area contributed by atoms with Crippen molar-refractivity contribution in [1.82, 2.24) is 14.7 Å². The maximum Gasteiger partial charge on any atom is 1.00 e. The van der Waals surface area contributed by atoms with Gasteiger partial charge in [0.25, 0.3) is 0 Å². The largest absolute Gasteiger partial charge is 1.00 e. The van der Waals surface area contributed by atoms with Crippen LogP contribution < -0.4 is 118 Å². The fraction of sp³-hybridized carbons (Fsp3) is 0.227. The number of carbonyl (C=O) groups excluding carboxylic acids is 1. The number of aryl methyl sites for hydroxylation is 1. The zero-order valence-electron chi connectivity index (χ0n) is 23.3. The van der Waals surface area contributed by atoms with Crippen LogP contribution in [0.2, 0.25) is 0 Å². The molecule has 2 amide bonds. The third-order valence-electron chi connectivity index (χ3n) is 5.14. The van der Waals surface area contributed by atoms with E-state index in [4.69, 9.17) is 0 Å². The van der Waals surface area contributed by atoms with Gasteiger partial charge >= 0.3 is 109 Å². The predicted octanol–water partition coefficient (Wildman–Crippen LogP) is -3.23. The first-order chi connectivity index (χ1) is 18.4. The summed E-state index contributed by atoms with van der Waals surface area (Å²) in [6.07, 6.45) is 0. The molecule has 0 bridgehead atoms. The van der Waals surface area contributed by atoms with Crippen molar-refractivity contribution < 1.29 is 135 Å². The van der Waals surface area contributed by atoms with Crippen LogP contribution in [-0.4, -0.2) is 61.9 Å². The first-order valence-corrected chi connectivity index (χ1v) is 13.0. The third-order valence-corrected chi connectivity index (χ3v) is 6.62. The minimum absolute atomic E-state index is 0. The molecule has 206 valence electrons. The van der Waals surface area contributed by atoms with E-state index in [1.165, 1.54) is 17.9 Å². The summed E-state index contributed by atoms with van der Waals surface area (Å²) < 4.78 is 40.5. The van der Waals surface area contributed by atoms with Gasteiger partial charge in [0.05, 0.1) is 38.9 Å². The molecule has 0 aliphatic heterocycles. The number of azo groups is 1. The molecule has 1 aromatic heterocycles. The van der Waals surface area contributed by atoms with Crippen LogP contribution in [0.5, 0.6) is 0 Å². The first-order valence-electron chi connectivity index (χ1n) is 10.8. The Morgan fingerprint density at radius 2 is 1.83 bits per heavy atom. The van der Waals surface area contributed by atoms with E-state index in [2.05, 4.69) is 30.0 Å². The van der Waals surface area contributed by atoms with Crippen molar-refractivity contribution in [3.63, 3.8) is 0 Å². The topological polar surface area (TPSA) is 201 Å². The van der Waals surface area contributed by atoms with Gasteiger partial charge in [-0.2, -0.15) is 14.7 Å². The molecule has 1 N–H and O–H groups in total. The van der Waals surface area contributed by atoms with Gasteiger partial charge in [-0.3, -0.25) is 5.04 Å². The summed E-state index contributed by atoms with van der Waals surface area (Å²) in [7, 11) is 1.90. The van der Waals surface area contributed by atoms with E-state index < -0.39 is 21.0 Å². The molecule has 0 saturated heterocycles. The Balaban J connectivity index is 0.00000420. The Kier molecular flexibility index (Phi) is 15.8. The number of nitriles is 1. The van der Waals surface area contributed by atoms with Gasteiger partial charge in [0, 0.05) is 33.9 Å². The number of benzene rings is 2. The summed E-state index contributed by atoms with van der Waals surface area (Å²) >= 11 is 0.419. The number of hydrogen-bond acceptors (Lipinski definition) is 13. The molecule has 2 aromatic carbocycles. The van der Waals surface area contributed by atoms with Crippen LogP contribution in [0.15, 0.2) is 56.4 Å². The second kappa shape index (κ2) is 16.9. The van der Waals surface area contributed by atoms with Crippen LogP contribution in [0.4, 0.5) is 27.7 Å². The molecule has 19 heteroatoms. The van der Waals surface area contributed by atoms with Crippen molar-refractivity contribution in [2.45, 2.75) is 16.7 Å². The van der Waals surface area contributed by atoms with E-state index in [0.717, 1.165) is 22.5 Å². The Morgan fingerprint density at radius 3 is 2.39 bits per heavy atom. The van der Waals surface area contributed by atoms with E-state index in [0.29, 0.717) is 17.7 Å². The van der Waals surface area contributed by atoms with E-state index in [1.54, 1.807) is 32.3 Å². The Morgan fingerprint density at radius 1 is 1.15 bits per heavy atom. The summed E-state index contributed by atoms with van der Waals surface area (Å²) in [5, 5.41) is 39.0. The number of nitrogens with one attached hydrogen (secondary N) is 1. The van der Waals surface area contributed by atoms with Crippen molar-refractivity contribution in [2.24, 2.45) is 10.2 Å². The number of aromatic nitrogens is 2. The van der Waals surface area contributed by atoms with Crippen LogP contribution in [0.25, 0.3) is 5.69 Å². The van der Waals surface area contributed by atoms with Crippen molar-refractivity contribution in [3.8, 4) is 11.8 Å². The quantitative estimate of drug-likeness (QED) is 0.0609. The number of amides is 2. The zero-order chi connectivity index (χ0) is 28.9. The van der Waals surface area contributed by atoms with E-state index in [9.17, 15) is 28.3 Å². The molecular weight excluding hydrogens is 631 g/mol. The van der Waals surface area contributed by atoms with E-state index in [-0.39, 0.29) is 136 Å². The van der Waals surface area contributed by atoms with E-state index >= 15 is 0 Å². The maximum absolute atomic E-state index is 12.4. The van der Waals surface area contributed by atoms with Gasteiger partial charge in [0.15, 0.2) is 5.82 Å². The van der Waals surface area contributed by atoms with Gasteiger partial charge in [-0.05, 0) is 43.3 Å². The van der Waals surface area contributed by atoms with Crippen molar-refractivity contribution in [2.75, 3.05) is 38.4 Å². The Bertz CT molecular complexity index is 1570. The first kappa shape index (κ1) is 38.2. The Hall–Kier alpha value is -0.777. The minimum Gasteiger partial charge on any atom is -0.744 e. The van der Waals surface area contributed by atoms with Gasteiger partial charge in [-0.25, -0.2) is 17.9 Å². The smallest absolute Gasteiger partial charge is 0.744 e. The Labute approximate surface area is 325 Å². The number of hydrogen-bond donors (Lipinski definition) is 1. The van der Waals surface area contributed by atoms with Gasteiger partial charge < -0.3 is 24.9 Å². The van der Waals surface area contributed by atoms with Gasteiger partial charge in [0.1, 0.15) is 27.4 Å². The molecule has 0 atom stereocenters. The molecule has 1 heterocycles. The molecule has 0 unspecified atom stereocenters. The zero-order valence-corrected chi connectivity index (χ0v) is 31.1. The van der Waals surface area contributed by atoms with Crippen LogP contribution in [0.3, 0.4) is 0 Å². The molecule has 0 radical (unpaired) electrons. The molecule has 15 nitrogen and oxygen atoms in total. The molecule has 0 aliphatic rings. The summed E-state index contributed by atoms with van der Waals surface area (Å²) in [4.78, 5) is 15.0.